The van der Waals surface area contributed by atoms with E-state index in [1.165, 1.54) is 12.1 Å². The maximum Gasteiger partial charge on any atom is 0.134 e. The maximum atomic E-state index is 13.2. The van der Waals surface area contributed by atoms with Crippen LogP contribution < -0.4 is 11.3 Å². The molecule has 5 heteroatoms. The third kappa shape index (κ3) is 2.59. The molecule has 0 bridgehead atoms. The molecule has 4 nitrogen and oxygen atoms in total. The molecule has 0 spiro atoms. The number of nitrogens with one attached hydrogen (secondary N) is 1. The third-order valence-corrected chi connectivity index (χ3v) is 3.30. The largest absolute Gasteiger partial charge is 0.469 e. The van der Waals surface area contributed by atoms with Crippen molar-refractivity contribution in [3.8, 4) is 0 Å². The van der Waals surface area contributed by atoms with Gasteiger partial charge < -0.3 is 8.83 Å². The number of benzene rings is 1. The highest BCUT2D eigenvalue weighted by Crippen LogP contribution is 2.26. The summed E-state index contributed by atoms with van der Waals surface area (Å²) in [7, 11) is 0. The van der Waals surface area contributed by atoms with Crippen LogP contribution in [-0.2, 0) is 6.42 Å². The Balaban J connectivity index is 1.79. The van der Waals surface area contributed by atoms with Crippen LogP contribution in [0.2, 0.25) is 0 Å². The van der Waals surface area contributed by atoms with E-state index in [0.29, 0.717) is 11.3 Å². The number of aryl methyl sites for hydroxylation is 1. The van der Waals surface area contributed by atoms with E-state index in [-0.39, 0.29) is 11.9 Å². The van der Waals surface area contributed by atoms with Crippen molar-refractivity contribution in [3.05, 3.63) is 60.0 Å². The zero-order valence-corrected chi connectivity index (χ0v) is 10.8. The van der Waals surface area contributed by atoms with Crippen molar-refractivity contribution in [3.63, 3.8) is 0 Å². The minimum atomic E-state index is -0.280. The Bertz CT molecular complexity index is 691. The first kappa shape index (κ1) is 12.9. The SMILES string of the molecule is NNC(CCc1ccco1)c1cc2cc(F)ccc2o1. The Morgan fingerprint density at radius 3 is 2.90 bits per heavy atom. The minimum absolute atomic E-state index is 0.143. The van der Waals surface area contributed by atoms with E-state index < -0.39 is 0 Å². The molecule has 20 heavy (non-hydrogen) atoms. The Hall–Kier alpha value is -2.11. The second-order valence-electron chi connectivity index (χ2n) is 4.67. The summed E-state index contributed by atoms with van der Waals surface area (Å²) in [5, 5.41) is 0.734. The lowest BCUT2D eigenvalue weighted by molar-refractivity contribution is 0.401. The number of rotatable bonds is 5. The van der Waals surface area contributed by atoms with Crippen molar-refractivity contribution in [1.82, 2.24) is 5.43 Å². The monoisotopic (exact) mass is 274 g/mol. The number of halogens is 1. The molecule has 104 valence electrons. The first-order chi connectivity index (χ1) is 9.76. The summed E-state index contributed by atoms with van der Waals surface area (Å²) in [5.74, 6) is 6.89. The van der Waals surface area contributed by atoms with E-state index in [0.717, 1.165) is 24.0 Å². The van der Waals surface area contributed by atoms with Crippen LogP contribution in [0.15, 0.2) is 51.5 Å². The summed E-state index contributed by atoms with van der Waals surface area (Å²) >= 11 is 0. The Morgan fingerprint density at radius 1 is 1.25 bits per heavy atom. The van der Waals surface area contributed by atoms with Crippen LogP contribution in [0.25, 0.3) is 11.0 Å². The van der Waals surface area contributed by atoms with Gasteiger partial charge in [0.05, 0.1) is 12.3 Å². The smallest absolute Gasteiger partial charge is 0.134 e. The summed E-state index contributed by atoms with van der Waals surface area (Å²) < 4.78 is 24.2. The first-order valence-electron chi connectivity index (χ1n) is 6.44. The highest BCUT2D eigenvalue weighted by atomic mass is 19.1. The van der Waals surface area contributed by atoms with Crippen LogP contribution in [0.4, 0.5) is 4.39 Å². The molecule has 0 saturated carbocycles. The lowest BCUT2D eigenvalue weighted by Crippen LogP contribution is -2.28. The molecule has 0 fully saturated rings. The van der Waals surface area contributed by atoms with Gasteiger partial charge in [-0.15, -0.1) is 0 Å². The molecule has 0 radical (unpaired) electrons. The average molecular weight is 274 g/mol. The van der Waals surface area contributed by atoms with Crippen LogP contribution >= 0.6 is 0 Å². The van der Waals surface area contributed by atoms with E-state index >= 15 is 0 Å². The Kier molecular flexibility index (Phi) is 3.54. The molecule has 3 aromatic rings. The predicted octanol–water partition coefficient (Wildman–Crippen LogP) is 3.30. The molecule has 0 aliphatic carbocycles. The minimum Gasteiger partial charge on any atom is -0.469 e. The number of hydrogen-bond donors (Lipinski definition) is 2. The van der Waals surface area contributed by atoms with E-state index in [1.54, 1.807) is 12.3 Å². The Labute approximate surface area is 115 Å². The second kappa shape index (κ2) is 5.48. The summed E-state index contributed by atoms with van der Waals surface area (Å²) in [4.78, 5) is 0. The molecule has 2 aromatic heterocycles. The van der Waals surface area contributed by atoms with Crippen molar-refractivity contribution in [2.24, 2.45) is 5.84 Å². The van der Waals surface area contributed by atoms with Gasteiger partial charge in [0.25, 0.3) is 0 Å². The van der Waals surface area contributed by atoms with E-state index in [9.17, 15) is 4.39 Å². The van der Waals surface area contributed by atoms with Gasteiger partial charge in [-0.05, 0) is 42.8 Å². The van der Waals surface area contributed by atoms with E-state index in [4.69, 9.17) is 14.7 Å². The lowest BCUT2D eigenvalue weighted by atomic mass is 10.1. The molecule has 3 rings (SSSR count). The number of hydrazine groups is 1. The molecule has 0 amide bonds. The van der Waals surface area contributed by atoms with Crippen molar-refractivity contribution >= 4 is 11.0 Å². The van der Waals surface area contributed by atoms with Crippen molar-refractivity contribution in [1.29, 1.82) is 0 Å². The molecule has 0 aliphatic rings. The summed E-state index contributed by atoms with van der Waals surface area (Å²) in [5.41, 5.74) is 3.38. The highest BCUT2D eigenvalue weighted by Gasteiger charge is 2.16. The molecule has 1 atom stereocenters. The number of furan rings is 2. The van der Waals surface area contributed by atoms with Crippen LogP contribution in [0.3, 0.4) is 0 Å². The molecule has 2 heterocycles. The molecule has 1 unspecified atom stereocenters. The predicted molar refractivity (Wildman–Crippen MR) is 73.3 cm³/mol. The van der Waals surface area contributed by atoms with Gasteiger partial charge in [-0.1, -0.05) is 0 Å². The Morgan fingerprint density at radius 2 is 2.15 bits per heavy atom. The van der Waals surface area contributed by atoms with Crippen LogP contribution in [0.5, 0.6) is 0 Å². The molecular formula is C15H15FN2O2. The van der Waals surface area contributed by atoms with Gasteiger partial charge in [-0.3, -0.25) is 5.84 Å². The summed E-state index contributed by atoms with van der Waals surface area (Å²) in [6.45, 7) is 0. The highest BCUT2D eigenvalue weighted by molar-refractivity contribution is 5.78. The first-order valence-corrected chi connectivity index (χ1v) is 6.44. The molecular weight excluding hydrogens is 259 g/mol. The fourth-order valence-electron chi connectivity index (χ4n) is 2.26. The molecule has 3 N–H and O–H groups in total. The fraction of sp³-hybridized carbons (Fsp3) is 0.200. The van der Waals surface area contributed by atoms with Gasteiger partial charge >= 0.3 is 0 Å². The van der Waals surface area contributed by atoms with Crippen LogP contribution in [0, 0.1) is 5.82 Å². The number of nitrogens with two attached hydrogens (primary N) is 1. The molecule has 1 aromatic carbocycles. The van der Waals surface area contributed by atoms with Gasteiger partial charge in [0.15, 0.2) is 0 Å². The van der Waals surface area contributed by atoms with Crippen molar-refractivity contribution in [2.75, 3.05) is 0 Å². The van der Waals surface area contributed by atoms with Gasteiger partial charge in [-0.25, -0.2) is 9.82 Å². The summed E-state index contributed by atoms with van der Waals surface area (Å²) in [6.07, 6.45) is 3.11. The molecule has 0 saturated heterocycles. The van der Waals surface area contributed by atoms with Gasteiger partial charge in [0.1, 0.15) is 22.9 Å². The third-order valence-electron chi connectivity index (χ3n) is 3.30. The van der Waals surface area contributed by atoms with E-state index in [2.05, 4.69) is 5.43 Å². The zero-order valence-electron chi connectivity index (χ0n) is 10.8. The summed E-state index contributed by atoms with van der Waals surface area (Å²) in [6, 6.07) is 9.88. The van der Waals surface area contributed by atoms with Crippen molar-refractivity contribution < 1.29 is 13.2 Å². The second-order valence-corrected chi connectivity index (χ2v) is 4.67. The lowest BCUT2D eigenvalue weighted by Gasteiger charge is -2.11. The quantitative estimate of drug-likeness (QED) is 0.553. The van der Waals surface area contributed by atoms with Gasteiger partial charge in [-0.2, -0.15) is 0 Å². The van der Waals surface area contributed by atoms with Crippen LogP contribution in [-0.4, -0.2) is 0 Å². The van der Waals surface area contributed by atoms with Crippen LogP contribution in [0.1, 0.15) is 24.0 Å². The maximum absolute atomic E-state index is 13.2. The number of hydrogen-bond acceptors (Lipinski definition) is 4. The standard InChI is InChI=1S/C15H15FN2O2/c16-11-3-6-14-10(8-11)9-15(20-14)13(18-17)5-4-12-2-1-7-19-12/h1-3,6-9,13,18H,4-5,17H2. The van der Waals surface area contributed by atoms with Gasteiger partial charge in [0, 0.05) is 11.8 Å². The van der Waals surface area contributed by atoms with Crippen molar-refractivity contribution in [2.45, 2.75) is 18.9 Å². The topological polar surface area (TPSA) is 64.3 Å². The molecule has 0 aliphatic heterocycles. The van der Waals surface area contributed by atoms with Gasteiger partial charge in [0.2, 0.25) is 0 Å². The average Bonchev–Trinajstić information content (AvgIpc) is 3.08. The number of fused-ring (bicyclic) bond motifs is 1. The fourth-order valence-corrected chi connectivity index (χ4v) is 2.26. The zero-order chi connectivity index (χ0) is 13.9. The van der Waals surface area contributed by atoms with E-state index in [1.807, 2.05) is 18.2 Å². The normalized spacial score (nSPS) is 12.9.